The fraction of sp³-hybridized carbons (Fsp3) is 0.714. The van der Waals surface area contributed by atoms with E-state index in [-0.39, 0.29) is 6.04 Å². The van der Waals surface area contributed by atoms with Crippen LogP contribution in [-0.2, 0) is 4.84 Å². The maximum Gasteiger partial charge on any atom is 0.426 e. The number of hydrogen-bond donors (Lipinski definition) is 1. The summed E-state index contributed by atoms with van der Waals surface area (Å²) in [7, 11) is 1.49. The second-order valence-corrected chi connectivity index (χ2v) is 2.56. The lowest BCUT2D eigenvalue weighted by molar-refractivity contribution is -0.0962. The first-order valence-electron chi connectivity index (χ1n) is 3.84. The molecule has 0 bridgehead atoms. The molecule has 5 nitrogen and oxygen atoms in total. The Kier molecular flexibility index (Phi) is 2.88. The molecule has 0 spiro atoms. The van der Waals surface area contributed by atoms with Crippen LogP contribution < -0.4 is 5.32 Å². The Morgan fingerprint density at radius 3 is 3.17 bits per heavy atom. The van der Waals surface area contributed by atoms with Gasteiger partial charge < -0.3 is 10.2 Å². The molecule has 1 amide bonds. The molecular formula is C7H11N3O2. The molecule has 0 aromatic carbocycles. The van der Waals surface area contributed by atoms with Gasteiger partial charge in [-0.05, 0) is 12.8 Å². The standard InChI is InChI=1S/C7H11N3O2/c1-9-7(11)12-10-4-2-3-6(10)5-8/h6H,2-4H2,1H3,(H,9,11)/t6-/m0/s1. The van der Waals surface area contributed by atoms with E-state index in [1.165, 1.54) is 12.1 Å². The molecule has 0 unspecified atom stereocenters. The zero-order valence-corrected chi connectivity index (χ0v) is 6.91. The normalized spacial score (nSPS) is 23.2. The Bertz CT molecular complexity index is 211. The highest BCUT2D eigenvalue weighted by Crippen LogP contribution is 2.16. The molecule has 1 heterocycles. The number of carbonyl (C=O) groups excluding carboxylic acids is 1. The minimum atomic E-state index is -0.517. The molecule has 12 heavy (non-hydrogen) atoms. The van der Waals surface area contributed by atoms with Crippen molar-refractivity contribution in [3.05, 3.63) is 0 Å². The minimum Gasteiger partial charge on any atom is -0.350 e. The summed E-state index contributed by atoms with van der Waals surface area (Å²) in [6.45, 7) is 0.644. The van der Waals surface area contributed by atoms with E-state index in [9.17, 15) is 4.79 Å². The van der Waals surface area contributed by atoms with Gasteiger partial charge in [-0.1, -0.05) is 0 Å². The van der Waals surface area contributed by atoms with Gasteiger partial charge in [0.2, 0.25) is 0 Å². The molecule has 1 atom stereocenters. The predicted octanol–water partition coefficient (Wildman–Crippen LogP) is 0.245. The fourth-order valence-corrected chi connectivity index (χ4v) is 1.13. The highest BCUT2D eigenvalue weighted by molar-refractivity contribution is 5.66. The molecular weight excluding hydrogens is 158 g/mol. The van der Waals surface area contributed by atoms with Gasteiger partial charge in [0.05, 0.1) is 6.07 Å². The molecule has 0 radical (unpaired) electrons. The number of hydrogen-bond acceptors (Lipinski definition) is 4. The Labute approximate surface area is 70.9 Å². The van der Waals surface area contributed by atoms with Gasteiger partial charge in [-0.15, -0.1) is 5.06 Å². The quantitative estimate of drug-likeness (QED) is 0.610. The highest BCUT2D eigenvalue weighted by Gasteiger charge is 2.27. The van der Waals surface area contributed by atoms with Gasteiger partial charge in [0, 0.05) is 13.6 Å². The second-order valence-electron chi connectivity index (χ2n) is 2.56. The molecule has 5 heteroatoms. The van der Waals surface area contributed by atoms with Crippen LogP contribution in [0.25, 0.3) is 0 Å². The van der Waals surface area contributed by atoms with Gasteiger partial charge >= 0.3 is 6.09 Å². The first-order valence-corrected chi connectivity index (χ1v) is 3.84. The van der Waals surface area contributed by atoms with E-state index < -0.39 is 6.09 Å². The third-order valence-corrected chi connectivity index (χ3v) is 1.76. The molecule has 1 aliphatic rings. The van der Waals surface area contributed by atoms with Crippen LogP contribution in [0, 0.1) is 11.3 Å². The second kappa shape index (κ2) is 3.93. The average molecular weight is 169 g/mol. The molecule has 0 aliphatic carbocycles. The van der Waals surface area contributed by atoms with Crippen LogP contribution in [0.5, 0.6) is 0 Å². The Hall–Kier alpha value is -1.28. The van der Waals surface area contributed by atoms with Gasteiger partial charge in [-0.3, -0.25) is 0 Å². The zero-order chi connectivity index (χ0) is 8.97. The van der Waals surface area contributed by atoms with Gasteiger partial charge in [0.25, 0.3) is 0 Å². The summed E-state index contributed by atoms with van der Waals surface area (Å²) in [6, 6.07) is 1.79. The molecule has 1 rings (SSSR count). The number of nitriles is 1. The lowest BCUT2D eigenvalue weighted by atomic mass is 10.2. The van der Waals surface area contributed by atoms with Crippen LogP contribution in [0.1, 0.15) is 12.8 Å². The van der Waals surface area contributed by atoms with Crippen molar-refractivity contribution in [3.63, 3.8) is 0 Å². The number of hydroxylamine groups is 2. The summed E-state index contributed by atoms with van der Waals surface area (Å²) in [5, 5.41) is 12.4. The van der Waals surface area contributed by atoms with Crippen molar-refractivity contribution in [2.45, 2.75) is 18.9 Å². The number of nitrogens with one attached hydrogen (secondary N) is 1. The molecule has 0 saturated carbocycles. The highest BCUT2D eigenvalue weighted by atomic mass is 16.7. The number of carbonyl (C=O) groups is 1. The van der Waals surface area contributed by atoms with Crippen molar-refractivity contribution in [1.29, 1.82) is 5.26 Å². The lowest BCUT2D eigenvalue weighted by Crippen LogP contribution is -2.34. The Morgan fingerprint density at radius 2 is 2.58 bits per heavy atom. The van der Waals surface area contributed by atoms with Crippen molar-refractivity contribution < 1.29 is 9.63 Å². The number of nitrogens with zero attached hydrogens (tertiary/aromatic N) is 2. The zero-order valence-electron chi connectivity index (χ0n) is 6.91. The molecule has 1 fully saturated rings. The Balaban J connectivity index is 2.42. The van der Waals surface area contributed by atoms with E-state index >= 15 is 0 Å². The monoisotopic (exact) mass is 169 g/mol. The van der Waals surface area contributed by atoms with Gasteiger partial charge in [0.15, 0.2) is 0 Å². The average Bonchev–Trinajstić information content (AvgIpc) is 2.51. The van der Waals surface area contributed by atoms with Crippen LogP contribution in [-0.4, -0.2) is 30.8 Å². The third-order valence-electron chi connectivity index (χ3n) is 1.76. The smallest absolute Gasteiger partial charge is 0.350 e. The van der Waals surface area contributed by atoms with E-state index in [4.69, 9.17) is 10.1 Å². The maximum absolute atomic E-state index is 10.7. The van der Waals surface area contributed by atoms with Crippen LogP contribution in [0.4, 0.5) is 4.79 Å². The summed E-state index contributed by atoms with van der Waals surface area (Å²) in [5.41, 5.74) is 0. The Morgan fingerprint density at radius 1 is 1.83 bits per heavy atom. The first kappa shape index (κ1) is 8.81. The first-order chi connectivity index (χ1) is 5.77. The fourth-order valence-electron chi connectivity index (χ4n) is 1.13. The van der Waals surface area contributed by atoms with Crippen LogP contribution in [0.2, 0.25) is 0 Å². The molecule has 1 N–H and O–H groups in total. The summed E-state index contributed by atoms with van der Waals surface area (Å²) in [6.07, 6.45) is 1.15. The van der Waals surface area contributed by atoms with E-state index in [0.29, 0.717) is 6.54 Å². The van der Waals surface area contributed by atoms with Crippen LogP contribution in [0.15, 0.2) is 0 Å². The van der Waals surface area contributed by atoms with Crippen molar-refractivity contribution in [2.24, 2.45) is 0 Å². The molecule has 1 saturated heterocycles. The van der Waals surface area contributed by atoms with Gasteiger partial charge in [-0.25, -0.2) is 4.79 Å². The molecule has 0 aromatic rings. The molecule has 0 aromatic heterocycles. The molecule has 1 aliphatic heterocycles. The van der Waals surface area contributed by atoms with Crippen molar-refractivity contribution >= 4 is 6.09 Å². The minimum absolute atomic E-state index is 0.276. The predicted molar refractivity (Wildman–Crippen MR) is 40.9 cm³/mol. The van der Waals surface area contributed by atoms with Gasteiger partial charge in [0.1, 0.15) is 6.04 Å². The van der Waals surface area contributed by atoms with Gasteiger partial charge in [-0.2, -0.15) is 5.26 Å². The van der Waals surface area contributed by atoms with Crippen molar-refractivity contribution in [2.75, 3.05) is 13.6 Å². The summed E-state index contributed by atoms with van der Waals surface area (Å²) in [4.78, 5) is 15.6. The van der Waals surface area contributed by atoms with E-state index in [1.807, 2.05) is 0 Å². The van der Waals surface area contributed by atoms with E-state index in [0.717, 1.165) is 12.8 Å². The summed E-state index contributed by atoms with van der Waals surface area (Å²) in [5.74, 6) is 0. The topological polar surface area (TPSA) is 65.4 Å². The maximum atomic E-state index is 10.7. The van der Waals surface area contributed by atoms with Crippen molar-refractivity contribution in [3.8, 4) is 6.07 Å². The summed E-state index contributed by atoms with van der Waals surface area (Å²) < 4.78 is 0. The van der Waals surface area contributed by atoms with E-state index in [1.54, 1.807) is 0 Å². The third kappa shape index (κ3) is 1.86. The molecule has 66 valence electrons. The number of amides is 1. The van der Waals surface area contributed by atoms with Crippen LogP contribution >= 0.6 is 0 Å². The number of rotatable bonds is 1. The van der Waals surface area contributed by atoms with Crippen molar-refractivity contribution in [1.82, 2.24) is 10.4 Å². The largest absolute Gasteiger partial charge is 0.426 e. The lowest BCUT2D eigenvalue weighted by Gasteiger charge is -2.16. The van der Waals surface area contributed by atoms with Crippen LogP contribution in [0.3, 0.4) is 0 Å². The summed E-state index contributed by atoms with van der Waals surface area (Å²) >= 11 is 0. The SMILES string of the molecule is CNC(=O)ON1CCC[C@H]1C#N. The van der Waals surface area contributed by atoms with E-state index in [2.05, 4.69) is 11.4 Å².